The molecule has 116 valence electrons. The zero-order chi connectivity index (χ0) is 15.2. The third kappa shape index (κ3) is 4.33. The Morgan fingerprint density at radius 1 is 1.30 bits per heavy atom. The number of nitrogens with two attached hydrogens (primary N) is 1. The first-order valence-electron chi connectivity index (χ1n) is 7.37. The van der Waals surface area contributed by atoms with Gasteiger partial charge >= 0.3 is 0 Å². The van der Waals surface area contributed by atoms with E-state index in [0.29, 0.717) is 23.9 Å². The lowest BCUT2D eigenvalue weighted by Crippen LogP contribution is -2.28. The summed E-state index contributed by atoms with van der Waals surface area (Å²) in [7, 11) is -3.43. The minimum atomic E-state index is -3.43. The highest BCUT2D eigenvalue weighted by molar-refractivity contribution is 7.89. The second-order valence-electron chi connectivity index (χ2n) is 5.10. The average Bonchev–Trinajstić information content (AvgIpc) is 2.84. The second kappa shape index (κ2) is 7.81. The molecule has 0 aliphatic rings. The maximum atomic E-state index is 12.3. The molecular weight excluding hydrogens is 274 g/mol. The van der Waals surface area contributed by atoms with E-state index in [4.69, 9.17) is 5.73 Å². The van der Waals surface area contributed by atoms with Crippen molar-refractivity contribution < 1.29 is 8.42 Å². The van der Waals surface area contributed by atoms with Gasteiger partial charge < -0.3 is 10.3 Å². The molecule has 3 N–H and O–H groups in total. The van der Waals surface area contributed by atoms with Gasteiger partial charge in [-0.1, -0.05) is 33.6 Å². The summed E-state index contributed by atoms with van der Waals surface area (Å²) in [5.74, 6) is 0.386. The molecule has 0 bridgehead atoms. The van der Waals surface area contributed by atoms with Crippen molar-refractivity contribution in [2.24, 2.45) is 11.7 Å². The maximum Gasteiger partial charge on any atom is 0.242 e. The highest BCUT2D eigenvalue weighted by atomic mass is 32.2. The summed E-state index contributed by atoms with van der Waals surface area (Å²) in [6, 6.07) is 1.67. The van der Waals surface area contributed by atoms with Crippen LogP contribution in [0.15, 0.2) is 17.2 Å². The number of hydrogen-bond donors (Lipinski definition) is 2. The van der Waals surface area contributed by atoms with E-state index in [1.54, 1.807) is 12.3 Å². The Kier molecular flexibility index (Phi) is 6.71. The normalized spacial score (nSPS) is 12.2. The van der Waals surface area contributed by atoms with Crippen LogP contribution in [0.4, 0.5) is 0 Å². The Bertz CT molecular complexity index is 504. The van der Waals surface area contributed by atoms with Crippen LogP contribution in [0.3, 0.4) is 0 Å². The van der Waals surface area contributed by atoms with E-state index in [9.17, 15) is 8.42 Å². The summed E-state index contributed by atoms with van der Waals surface area (Å²) in [5, 5.41) is 0. The Balaban J connectivity index is 2.86. The van der Waals surface area contributed by atoms with Crippen LogP contribution in [0, 0.1) is 5.92 Å². The number of aromatic nitrogens is 1. The van der Waals surface area contributed by atoms with Crippen LogP contribution >= 0.6 is 0 Å². The summed E-state index contributed by atoms with van der Waals surface area (Å²) in [4.78, 5) is 0.317. The molecule has 20 heavy (non-hydrogen) atoms. The van der Waals surface area contributed by atoms with Gasteiger partial charge in [0.15, 0.2) is 0 Å². The molecule has 0 saturated carbocycles. The molecule has 1 heterocycles. The maximum absolute atomic E-state index is 12.3. The van der Waals surface area contributed by atoms with Crippen molar-refractivity contribution in [3.05, 3.63) is 18.0 Å². The Morgan fingerprint density at radius 2 is 1.95 bits per heavy atom. The molecule has 1 rings (SSSR count). The van der Waals surface area contributed by atoms with E-state index in [-0.39, 0.29) is 0 Å². The molecule has 0 saturated heterocycles. The van der Waals surface area contributed by atoms with Gasteiger partial charge in [-0.25, -0.2) is 13.1 Å². The van der Waals surface area contributed by atoms with Gasteiger partial charge in [0.1, 0.15) is 0 Å². The first-order valence-corrected chi connectivity index (χ1v) is 8.85. The summed E-state index contributed by atoms with van der Waals surface area (Å²) in [6.07, 6.45) is 4.58. The van der Waals surface area contributed by atoms with E-state index < -0.39 is 10.0 Å². The fraction of sp³-hybridized carbons (Fsp3) is 0.714. The lowest BCUT2D eigenvalue weighted by molar-refractivity contribution is 0.479. The lowest BCUT2D eigenvalue weighted by Gasteiger charge is -2.12. The minimum Gasteiger partial charge on any atom is -0.349 e. The molecule has 0 amide bonds. The van der Waals surface area contributed by atoms with Crippen LogP contribution in [-0.4, -0.2) is 19.5 Å². The SMILES string of the molecule is CCCn1cc(S(=O)(=O)NCC(CC)CC)cc1CN. The fourth-order valence-corrected chi connectivity index (χ4v) is 3.36. The first kappa shape index (κ1) is 17.2. The minimum absolute atomic E-state index is 0.317. The number of rotatable bonds is 9. The van der Waals surface area contributed by atoms with Crippen molar-refractivity contribution in [1.29, 1.82) is 0 Å². The van der Waals surface area contributed by atoms with Gasteiger partial charge in [-0.15, -0.1) is 0 Å². The molecule has 0 fully saturated rings. The first-order chi connectivity index (χ1) is 9.48. The van der Waals surface area contributed by atoms with Crippen molar-refractivity contribution in [2.45, 2.75) is 58.0 Å². The number of nitrogens with one attached hydrogen (secondary N) is 1. The van der Waals surface area contributed by atoms with E-state index >= 15 is 0 Å². The molecule has 1 aromatic rings. The monoisotopic (exact) mass is 301 g/mol. The van der Waals surface area contributed by atoms with Crippen LogP contribution in [0.25, 0.3) is 0 Å². The molecule has 1 aromatic heterocycles. The molecule has 6 heteroatoms. The van der Waals surface area contributed by atoms with Gasteiger partial charge in [0.2, 0.25) is 10.0 Å². The lowest BCUT2D eigenvalue weighted by atomic mass is 10.0. The van der Waals surface area contributed by atoms with Crippen LogP contribution < -0.4 is 10.5 Å². The predicted octanol–water partition coefficient (Wildman–Crippen LogP) is 2.07. The summed E-state index contributed by atoms with van der Waals surface area (Å²) < 4.78 is 29.2. The highest BCUT2D eigenvalue weighted by Crippen LogP contribution is 2.16. The van der Waals surface area contributed by atoms with Gasteiger partial charge in [-0.05, 0) is 18.4 Å². The van der Waals surface area contributed by atoms with Crippen molar-refractivity contribution in [3.8, 4) is 0 Å². The Morgan fingerprint density at radius 3 is 2.45 bits per heavy atom. The van der Waals surface area contributed by atoms with Crippen molar-refractivity contribution in [2.75, 3.05) is 6.54 Å². The number of hydrogen-bond acceptors (Lipinski definition) is 3. The highest BCUT2D eigenvalue weighted by Gasteiger charge is 2.18. The smallest absolute Gasteiger partial charge is 0.242 e. The van der Waals surface area contributed by atoms with Crippen molar-refractivity contribution in [1.82, 2.24) is 9.29 Å². The van der Waals surface area contributed by atoms with Crippen LogP contribution in [0.1, 0.15) is 45.7 Å². The molecule has 0 aliphatic heterocycles. The second-order valence-corrected chi connectivity index (χ2v) is 6.87. The zero-order valence-electron chi connectivity index (χ0n) is 12.7. The third-order valence-corrected chi connectivity index (χ3v) is 5.05. The van der Waals surface area contributed by atoms with Crippen molar-refractivity contribution >= 4 is 10.0 Å². The molecular formula is C14H27N3O2S. The number of aryl methyl sites for hydroxylation is 1. The topological polar surface area (TPSA) is 77.1 Å². The van der Waals surface area contributed by atoms with E-state index in [1.807, 2.05) is 4.57 Å². The van der Waals surface area contributed by atoms with E-state index in [0.717, 1.165) is 31.5 Å². The third-order valence-electron chi connectivity index (χ3n) is 3.66. The Labute approximate surface area is 122 Å². The Hall–Kier alpha value is -0.850. The fourth-order valence-electron chi connectivity index (χ4n) is 2.18. The number of nitrogens with zero attached hydrogens (tertiary/aromatic N) is 1. The van der Waals surface area contributed by atoms with Gasteiger partial charge in [0.05, 0.1) is 4.90 Å². The zero-order valence-corrected chi connectivity index (χ0v) is 13.5. The largest absolute Gasteiger partial charge is 0.349 e. The van der Waals surface area contributed by atoms with Gasteiger partial charge in [-0.3, -0.25) is 0 Å². The molecule has 0 radical (unpaired) electrons. The molecule has 0 aliphatic carbocycles. The van der Waals surface area contributed by atoms with Crippen LogP contribution in [0.5, 0.6) is 0 Å². The summed E-state index contributed by atoms with van der Waals surface area (Å²) >= 11 is 0. The molecule has 0 unspecified atom stereocenters. The van der Waals surface area contributed by atoms with Crippen molar-refractivity contribution in [3.63, 3.8) is 0 Å². The molecule has 0 spiro atoms. The average molecular weight is 301 g/mol. The van der Waals surface area contributed by atoms with Gasteiger partial charge in [0.25, 0.3) is 0 Å². The molecule has 0 atom stereocenters. The van der Waals surface area contributed by atoms with Crippen LogP contribution in [-0.2, 0) is 23.1 Å². The number of sulfonamides is 1. The quantitative estimate of drug-likeness (QED) is 0.733. The van der Waals surface area contributed by atoms with Gasteiger partial charge in [0, 0.05) is 31.5 Å². The summed E-state index contributed by atoms with van der Waals surface area (Å²) in [5.41, 5.74) is 6.52. The van der Waals surface area contributed by atoms with Crippen LogP contribution in [0.2, 0.25) is 0 Å². The summed E-state index contributed by atoms with van der Waals surface area (Å²) in [6.45, 7) is 7.84. The molecule has 0 aromatic carbocycles. The van der Waals surface area contributed by atoms with E-state index in [2.05, 4.69) is 25.5 Å². The molecule has 5 nitrogen and oxygen atoms in total. The standard InChI is InChI=1S/C14H27N3O2S/c1-4-7-17-11-14(8-13(17)9-15)20(18,19)16-10-12(5-2)6-3/h8,11-12,16H,4-7,9-10,15H2,1-3H3. The van der Waals surface area contributed by atoms with E-state index in [1.165, 1.54) is 0 Å². The predicted molar refractivity (Wildman–Crippen MR) is 81.9 cm³/mol. The van der Waals surface area contributed by atoms with Gasteiger partial charge in [-0.2, -0.15) is 0 Å².